The van der Waals surface area contributed by atoms with Crippen molar-refractivity contribution in [1.82, 2.24) is 14.9 Å². The van der Waals surface area contributed by atoms with E-state index in [0.717, 1.165) is 5.69 Å². The van der Waals surface area contributed by atoms with Crippen molar-refractivity contribution in [3.8, 4) is 0 Å². The van der Waals surface area contributed by atoms with Crippen molar-refractivity contribution in [1.29, 1.82) is 0 Å². The zero-order valence-electron chi connectivity index (χ0n) is 13.9. The van der Waals surface area contributed by atoms with E-state index >= 15 is 0 Å². The van der Waals surface area contributed by atoms with E-state index < -0.39 is 0 Å². The quantitative estimate of drug-likeness (QED) is 0.878. The number of carbonyl (C=O) groups excluding carboxylic acids is 2. The maximum Gasteiger partial charge on any atom is 0.274 e. The van der Waals surface area contributed by atoms with Gasteiger partial charge in [-0.1, -0.05) is 6.07 Å². The fraction of sp³-hybridized carbons (Fsp3) is 0.294. The summed E-state index contributed by atoms with van der Waals surface area (Å²) in [7, 11) is 0. The molecular weight excluding hydrogens is 322 g/mol. The maximum absolute atomic E-state index is 12.3. The third-order valence-corrected chi connectivity index (χ3v) is 3.62. The lowest BCUT2D eigenvalue weighted by molar-refractivity contribution is -0.114. The molecule has 2 amide bonds. The number of morpholine rings is 1. The smallest absolute Gasteiger partial charge is 0.274 e. The summed E-state index contributed by atoms with van der Waals surface area (Å²) in [6, 6.07) is 7.25. The number of aromatic nitrogens is 2. The monoisotopic (exact) mass is 341 g/mol. The number of ether oxygens (including phenoxy) is 1. The van der Waals surface area contributed by atoms with Gasteiger partial charge in [-0.15, -0.1) is 0 Å². The van der Waals surface area contributed by atoms with Gasteiger partial charge in [-0.2, -0.15) is 0 Å². The standard InChI is InChI=1S/C17H19N5O3/c1-12(23)20-13-3-2-4-14(9-13)21-16-11-18-15(10-19-16)17(24)22-5-7-25-8-6-22/h2-4,9-11H,5-8H2,1H3,(H,19,21)(H,20,23). The van der Waals surface area contributed by atoms with Gasteiger partial charge in [0.25, 0.3) is 5.91 Å². The summed E-state index contributed by atoms with van der Waals surface area (Å²) in [5.41, 5.74) is 1.75. The van der Waals surface area contributed by atoms with Crippen molar-refractivity contribution in [2.24, 2.45) is 0 Å². The summed E-state index contributed by atoms with van der Waals surface area (Å²) in [4.78, 5) is 33.6. The van der Waals surface area contributed by atoms with Crippen molar-refractivity contribution in [3.05, 3.63) is 42.4 Å². The van der Waals surface area contributed by atoms with Crippen LogP contribution in [0.2, 0.25) is 0 Å². The van der Waals surface area contributed by atoms with Crippen LogP contribution in [0.25, 0.3) is 0 Å². The van der Waals surface area contributed by atoms with Crippen LogP contribution in [0.5, 0.6) is 0 Å². The molecule has 1 aromatic heterocycles. The lowest BCUT2D eigenvalue weighted by Gasteiger charge is -2.26. The number of hydrogen-bond acceptors (Lipinski definition) is 6. The third-order valence-electron chi connectivity index (χ3n) is 3.62. The average molecular weight is 341 g/mol. The fourth-order valence-corrected chi connectivity index (χ4v) is 2.46. The highest BCUT2D eigenvalue weighted by atomic mass is 16.5. The van der Waals surface area contributed by atoms with E-state index in [0.29, 0.717) is 43.5 Å². The van der Waals surface area contributed by atoms with E-state index in [1.165, 1.54) is 19.3 Å². The Morgan fingerprint density at radius 1 is 1.12 bits per heavy atom. The molecule has 8 nitrogen and oxygen atoms in total. The van der Waals surface area contributed by atoms with Crippen LogP contribution in [-0.2, 0) is 9.53 Å². The Labute approximate surface area is 145 Å². The molecule has 2 heterocycles. The number of benzene rings is 1. The van der Waals surface area contributed by atoms with E-state index in [2.05, 4.69) is 20.6 Å². The molecule has 0 atom stereocenters. The minimum atomic E-state index is -0.144. The van der Waals surface area contributed by atoms with Crippen LogP contribution in [0.15, 0.2) is 36.7 Å². The maximum atomic E-state index is 12.3. The van der Waals surface area contributed by atoms with Crippen LogP contribution in [0.1, 0.15) is 17.4 Å². The van der Waals surface area contributed by atoms with Crippen molar-refractivity contribution in [2.75, 3.05) is 36.9 Å². The molecule has 0 spiro atoms. The summed E-state index contributed by atoms with van der Waals surface area (Å²) in [6.45, 7) is 3.68. The van der Waals surface area contributed by atoms with Crippen molar-refractivity contribution < 1.29 is 14.3 Å². The Kier molecular flexibility index (Phi) is 5.20. The molecule has 1 aliphatic rings. The first-order valence-electron chi connectivity index (χ1n) is 7.95. The van der Waals surface area contributed by atoms with Crippen molar-refractivity contribution in [2.45, 2.75) is 6.92 Å². The Morgan fingerprint density at radius 2 is 1.88 bits per heavy atom. The van der Waals surface area contributed by atoms with E-state index in [-0.39, 0.29) is 11.8 Å². The van der Waals surface area contributed by atoms with Crippen molar-refractivity contribution >= 4 is 29.0 Å². The van der Waals surface area contributed by atoms with Crippen LogP contribution in [0.3, 0.4) is 0 Å². The molecule has 0 saturated carbocycles. The predicted molar refractivity (Wildman–Crippen MR) is 92.8 cm³/mol. The molecule has 1 fully saturated rings. The molecule has 0 aliphatic carbocycles. The predicted octanol–water partition coefficient (Wildman–Crippen LogP) is 1.65. The van der Waals surface area contributed by atoms with E-state index in [9.17, 15) is 9.59 Å². The highest BCUT2D eigenvalue weighted by Crippen LogP contribution is 2.18. The average Bonchev–Trinajstić information content (AvgIpc) is 2.62. The molecular formula is C17H19N5O3. The summed E-state index contributed by atoms with van der Waals surface area (Å²) in [5.74, 6) is 0.233. The second kappa shape index (κ2) is 7.71. The van der Waals surface area contributed by atoms with Gasteiger partial charge in [0.15, 0.2) is 0 Å². The first-order valence-corrected chi connectivity index (χ1v) is 7.95. The third kappa shape index (κ3) is 4.51. The first kappa shape index (κ1) is 16.8. The Morgan fingerprint density at radius 3 is 2.56 bits per heavy atom. The number of carbonyl (C=O) groups is 2. The largest absolute Gasteiger partial charge is 0.378 e. The first-order chi connectivity index (χ1) is 12.1. The minimum absolute atomic E-state index is 0.136. The molecule has 0 radical (unpaired) electrons. The van der Waals surface area contributed by atoms with Crippen molar-refractivity contribution in [3.63, 3.8) is 0 Å². The molecule has 1 saturated heterocycles. The Balaban J connectivity index is 1.66. The van der Waals surface area contributed by atoms with Gasteiger partial charge in [-0.3, -0.25) is 9.59 Å². The van der Waals surface area contributed by atoms with Gasteiger partial charge in [0.05, 0.1) is 25.6 Å². The molecule has 3 rings (SSSR count). The van der Waals surface area contributed by atoms with Gasteiger partial charge < -0.3 is 20.3 Å². The number of hydrogen-bond donors (Lipinski definition) is 2. The highest BCUT2D eigenvalue weighted by Gasteiger charge is 2.19. The number of nitrogens with zero attached hydrogens (tertiary/aromatic N) is 3. The van der Waals surface area contributed by atoms with Gasteiger partial charge in [-0.05, 0) is 18.2 Å². The van der Waals surface area contributed by atoms with Gasteiger partial charge in [0.2, 0.25) is 5.91 Å². The summed E-state index contributed by atoms with van der Waals surface area (Å²) < 4.78 is 5.24. The number of anilines is 3. The molecule has 1 aliphatic heterocycles. The normalized spacial score (nSPS) is 14.0. The summed E-state index contributed by atoms with van der Waals surface area (Å²) in [5, 5.41) is 5.81. The summed E-state index contributed by atoms with van der Waals surface area (Å²) in [6.07, 6.45) is 2.97. The Bertz CT molecular complexity index is 757. The SMILES string of the molecule is CC(=O)Nc1cccc(Nc2cnc(C(=O)N3CCOCC3)cn2)c1. The van der Waals surface area contributed by atoms with Crippen LogP contribution in [0.4, 0.5) is 17.2 Å². The molecule has 0 unspecified atom stereocenters. The molecule has 130 valence electrons. The highest BCUT2D eigenvalue weighted by molar-refractivity contribution is 5.92. The van der Waals surface area contributed by atoms with Crippen LogP contribution in [-0.4, -0.2) is 53.0 Å². The molecule has 0 bridgehead atoms. The van der Waals surface area contributed by atoms with E-state index in [1.807, 2.05) is 12.1 Å². The topological polar surface area (TPSA) is 96.5 Å². The van der Waals surface area contributed by atoms with E-state index in [1.54, 1.807) is 17.0 Å². The van der Waals surface area contributed by atoms with Gasteiger partial charge in [0.1, 0.15) is 11.5 Å². The van der Waals surface area contributed by atoms with Crippen LogP contribution < -0.4 is 10.6 Å². The Hall–Kier alpha value is -3.00. The molecule has 2 N–H and O–H groups in total. The molecule has 2 aromatic rings. The van der Waals surface area contributed by atoms with Gasteiger partial charge in [-0.25, -0.2) is 9.97 Å². The molecule has 25 heavy (non-hydrogen) atoms. The lowest BCUT2D eigenvalue weighted by Crippen LogP contribution is -2.41. The van der Waals surface area contributed by atoms with Gasteiger partial charge in [0, 0.05) is 31.4 Å². The second-order valence-corrected chi connectivity index (χ2v) is 5.58. The molecule has 1 aromatic carbocycles. The minimum Gasteiger partial charge on any atom is -0.378 e. The van der Waals surface area contributed by atoms with E-state index in [4.69, 9.17) is 4.74 Å². The van der Waals surface area contributed by atoms with Gasteiger partial charge >= 0.3 is 0 Å². The van der Waals surface area contributed by atoms with Crippen LogP contribution in [0, 0.1) is 0 Å². The number of rotatable bonds is 4. The second-order valence-electron chi connectivity index (χ2n) is 5.58. The molecule has 8 heteroatoms. The summed E-state index contributed by atoms with van der Waals surface area (Å²) >= 11 is 0. The fourth-order valence-electron chi connectivity index (χ4n) is 2.46. The number of amides is 2. The zero-order chi connectivity index (χ0) is 17.6. The zero-order valence-corrected chi connectivity index (χ0v) is 13.9. The number of nitrogens with one attached hydrogen (secondary N) is 2. The lowest BCUT2D eigenvalue weighted by atomic mass is 10.2. The van der Waals surface area contributed by atoms with Crippen LogP contribution >= 0.6 is 0 Å².